The SMILES string of the molecule is Cc1cc(C2CCCNC2)c(C)n1CC(C)C. The Kier molecular flexibility index (Phi) is 3.93. The molecule has 1 aromatic rings. The molecule has 96 valence electrons. The summed E-state index contributed by atoms with van der Waals surface area (Å²) in [4.78, 5) is 0. The van der Waals surface area contributed by atoms with Gasteiger partial charge in [0.15, 0.2) is 0 Å². The Morgan fingerprint density at radius 1 is 1.41 bits per heavy atom. The smallest absolute Gasteiger partial charge is 0.0247 e. The normalized spacial score (nSPS) is 21.1. The summed E-state index contributed by atoms with van der Waals surface area (Å²) in [5, 5.41) is 3.52. The minimum atomic E-state index is 0.720. The summed E-state index contributed by atoms with van der Waals surface area (Å²) in [6, 6.07) is 2.41. The van der Waals surface area contributed by atoms with Gasteiger partial charge >= 0.3 is 0 Å². The van der Waals surface area contributed by atoms with Gasteiger partial charge in [0.25, 0.3) is 0 Å². The van der Waals surface area contributed by atoms with Crippen molar-refractivity contribution in [2.75, 3.05) is 13.1 Å². The molecule has 2 rings (SSSR count). The van der Waals surface area contributed by atoms with E-state index in [-0.39, 0.29) is 0 Å². The van der Waals surface area contributed by atoms with Crippen molar-refractivity contribution in [1.29, 1.82) is 0 Å². The van der Waals surface area contributed by atoms with Crippen LogP contribution in [-0.4, -0.2) is 17.7 Å². The fourth-order valence-electron chi connectivity index (χ4n) is 3.00. The van der Waals surface area contributed by atoms with E-state index in [1.165, 1.54) is 30.8 Å². The standard InChI is InChI=1S/C15H26N2/c1-11(2)10-17-12(3)8-15(13(17)4)14-6-5-7-16-9-14/h8,11,14,16H,5-7,9-10H2,1-4H3. The van der Waals surface area contributed by atoms with Crippen molar-refractivity contribution in [3.63, 3.8) is 0 Å². The first-order valence-corrected chi connectivity index (χ1v) is 6.97. The lowest BCUT2D eigenvalue weighted by atomic mass is 9.92. The van der Waals surface area contributed by atoms with E-state index in [9.17, 15) is 0 Å². The maximum atomic E-state index is 3.52. The molecule has 0 radical (unpaired) electrons. The van der Waals surface area contributed by atoms with Crippen LogP contribution in [0, 0.1) is 19.8 Å². The van der Waals surface area contributed by atoms with E-state index in [1.54, 1.807) is 5.56 Å². The number of aromatic nitrogens is 1. The molecule has 2 heterocycles. The highest BCUT2D eigenvalue weighted by Gasteiger charge is 2.20. The van der Waals surface area contributed by atoms with Gasteiger partial charge in [-0.2, -0.15) is 0 Å². The van der Waals surface area contributed by atoms with Crippen LogP contribution in [0.2, 0.25) is 0 Å². The van der Waals surface area contributed by atoms with E-state index >= 15 is 0 Å². The zero-order chi connectivity index (χ0) is 12.4. The van der Waals surface area contributed by atoms with Gasteiger partial charge < -0.3 is 9.88 Å². The quantitative estimate of drug-likeness (QED) is 0.849. The largest absolute Gasteiger partial charge is 0.349 e. The fourth-order valence-corrected chi connectivity index (χ4v) is 3.00. The number of piperidine rings is 1. The summed E-state index contributed by atoms with van der Waals surface area (Å²) >= 11 is 0. The molecule has 1 aliphatic heterocycles. The molecular formula is C15H26N2. The van der Waals surface area contributed by atoms with Crippen molar-refractivity contribution < 1.29 is 0 Å². The highest BCUT2D eigenvalue weighted by Crippen LogP contribution is 2.29. The Morgan fingerprint density at radius 3 is 2.76 bits per heavy atom. The third-order valence-electron chi connectivity index (χ3n) is 3.90. The van der Waals surface area contributed by atoms with Crippen molar-refractivity contribution >= 4 is 0 Å². The Labute approximate surface area is 105 Å². The lowest BCUT2D eigenvalue weighted by molar-refractivity contribution is 0.456. The summed E-state index contributed by atoms with van der Waals surface area (Å²) in [7, 11) is 0. The first kappa shape index (κ1) is 12.7. The molecule has 1 fully saturated rings. The third kappa shape index (κ3) is 2.74. The molecule has 0 bridgehead atoms. The van der Waals surface area contributed by atoms with E-state index in [0.29, 0.717) is 0 Å². The number of hydrogen-bond acceptors (Lipinski definition) is 1. The number of hydrogen-bond donors (Lipinski definition) is 1. The van der Waals surface area contributed by atoms with Crippen molar-refractivity contribution in [2.24, 2.45) is 5.92 Å². The molecule has 2 heteroatoms. The molecule has 1 aliphatic rings. The molecule has 0 spiro atoms. The molecule has 2 nitrogen and oxygen atoms in total. The van der Waals surface area contributed by atoms with E-state index in [2.05, 4.69) is 43.6 Å². The van der Waals surface area contributed by atoms with Crippen LogP contribution in [0.5, 0.6) is 0 Å². The minimum absolute atomic E-state index is 0.720. The van der Waals surface area contributed by atoms with Crippen LogP contribution in [0.1, 0.15) is 49.6 Å². The van der Waals surface area contributed by atoms with Gasteiger partial charge in [-0.1, -0.05) is 13.8 Å². The second kappa shape index (κ2) is 5.26. The highest BCUT2D eigenvalue weighted by molar-refractivity contribution is 5.31. The van der Waals surface area contributed by atoms with E-state index in [4.69, 9.17) is 0 Å². The Bertz CT molecular complexity index is 371. The molecule has 17 heavy (non-hydrogen) atoms. The lowest BCUT2D eigenvalue weighted by Gasteiger charge is -2.23. The third-order valence-corrected chi connectivity index (χ3v) is 3.90. The zero-order valence-electron chi connectivity index (χ0n) is 11.7. The van der Waals surface area contributed by atoms with Gasteiger partial charge in [-0.05, 0) is 56.7 Å². The van der Waals surface area contributed by atoms with Crippen molar-refractivity contribution in [1.82, 2.24) is 9.88 Å². The molecular weight excluding hydrogens is 208 g/mol. The van der Waals surface area contributed by atoms with Crippen LogP contribution in [-0.2, 0) is 6.54 Å². The summed E-state index contributed by atoms with van der Waals surface area (Å²) in [5.74, 6) is 1.45. The second-order valence-electron chi connectivity index (χ2n) is 5.87. The van der Waals surface area contributed by atoms with Gasteiger partial charge in [0.2, 0.25) is 0 Å². The van der Waals surface area contributed by atoms with Gasteiger partial charge in [-0.25, -0.2) is 0 Å². The zero-order valence-corrected chi connectivity index (χ0v) is 11.7. The van der Waals surface area contributed by atoms with Gasteiger partial charge in [0.05, 0.1) is 0 Å². The van der Waals surface area contributed by atoms with Crippen molar-refractivity contribution in [3.05, 3.63) is 23.0 Å². The van der Waals surface area contributed by atoms with Crippen LogP contribution in [0.25, 0.3) is 0 Å². The van der Waals surface area contributed by atoms with Gasteiger partial charge in [0, 0.05) is 24.5 Å². The van der Waals surface area contributed by atoms with Gasteiger partial charge in [-0.3, -0.25) is 0 Å². The first-order chi connectivity index (χ1) is 8.09. The summed E-state index contributed by atoms with van der Waals surface area (Å²) in [6.07, 6.45) is 2.66. The average Bonchev–Trinajstić information content (AvgIpc) is 2.58. The topological polar surface area (TPSA) is 17.0 Å². The molecule has 1 saturated heterocycles. The predicted octanol–water partition coefficient (Wildman–Crippen LogP) is 3.23. The Balaban J connectivity index is 2.23. The lowest BCUT2D eigenvalue weighted by Crippen LogP contribution is -2.28. The Hall–Kier alpha value is -0.760. The van der Waals surface area contributed by atoms with Crippen LogP contribution in [0.15, 0.2) is 6.07 Å². The molecule has 1 N–H and O–H groups in total. The molecule has 0 aliphatic carbocycles. The molecule has 1 unspecified atom stereocenters. The first-order valence-electron chi connectivity index (χ1n) is 6.97. The molecule has 0 amide bonds. The monoisotopic (exact) mass is 234 g/mol. The predicted molar refractivity (Wildman–Crippen MR) is 73.6 cm³/mol. The number of nitrogens with one attached hydrogen (secondary N) is 1. The van der Waals surface area contributed by atoms with E-state index < -0.39 is 0 Å². The van der Waals surface area contributed by atoms with Crippen molar-refractivity contribution in [3.8, 4) is 0 Å². The minimum Gasteiger partial charge on any atom is -0.349 e. The summed E-state index contributed by atoms with van der Waals surface area (Å²) in [6.45, 7) is 12.6. The molecule has 0 saturated carbocycles. The van der Waals surface area contributed by atoms with Gasteiger partial charge in [-0.15, -0.1) is 0 Å². The number of rotatable bonds is 3. The number of aryl methyl sites for hydroxylation is 1. The van der Waals surface area contributed by atoms with Crippen molar-refractivity contribution in [2.45, 2.75) is 53.0 Å². The average molecular weight is 234 g/mol. The van der Waals surface area contributed by atoms with Gasteiger partial charge in [0.1, 0.15) is 0 Å². The maximum absolute atomic E-state index is 3.52. The van der Waals surface area contributed by atoms with E-state index in [1.807, 2.05) is 0 Å². The number of nitrogens with zero attached hydrogens (tertiary/aromatic N) is 1. The van der Waals surface area contributed by atoms with E-state index in [0.717, 1.165) is 24.9 Å². The summed E-state index contributed by atoms with van der Waals surface area (Å²) < 4.78 is 2.49. The molecule has 0 aromatic carbocycles. The maximum Gasteiger partial charge on any atom is 0.0247 e. The highest BCUT2D eigenvalue weighted by atomic mass is 15.0. The fraction of sp³-hybridized carbons (Fsp3) is 0.733. The molecule has 1 atom stereocenters. The van der Waals surface area contributed by atoms with Crippen LogP contribution in [0.3, 0.4) is 0 Å². The molecule has 1 aromatic heterocycles. The summed E-state index contributed by atoms with van der Waals surface area (Å²) in [5.41, 5.74) is 4.50. The second-order valence-corrected chi connectivity index (χ2v) is 5.87. The Morgan fingerprint density at radius 2 is 2.18 bits per heavy atom. The van der Waals surface area contributed by atoms with Crippen LogP contribution >= 0.6 is 0 Å². The van der Waals surface area contributed by atoms with Crippen LogP contribution < -0.4 is 5.32 Å². The van der Waals surface area contributed by atoms with Crippen LogP contribution in [0.4, 0.5) is 0 Å².